The van der Waals surface area contributed by atoms with Crippen LogP contribution in [-0.2, 0) is 11.3 Å². The highest BCUT2D eigenvalue weighted by molar-refractivity contribution is 7.99. The fraction of sp³-hybridized carbons (Fsp3) is 0.226. The average molecular weight is 573 g/mol. The second-order valence-corrected chi connectivity index (χ2v) is 11.1. The van der Waals surface area contributed by atoms with E-state index >= 15 is 0 Å². The van der Waals surface area contributed by atoms with E-state index in [1.807, 2.05) is 73.0 Å². The number of halogens is 1. The van der Waals surface area contributed by atoms with Gasteiger partial charge in [0.05, 0.1) is 18.5 Å². The van der Waals surface area contributed by atoms with Crippen LogP contribution in [0.2, 0.25) is 5.02 Å². The highest BCUT2D eigenvalue weighted by Gasteiger charge is 2.16. The number of aromatic nitrogens is 3. The molecule has 2 N–H and O–H groups in total. The van der Waals surface area contributed by atoms with Gasteiger partial charge in [-0.3, -0.25) is 9.36 Å². The number of para-hydroxylation sites is 1. The molecule has 1 aromatic heterocycles. The van der Waals surface area contributed by atoms with Crippen LogP contribution in [0.3, 0.4) is 0 Å². The van der Waals surface area contributed by atoms with Gasteiger partial charge in [0.1, 0.15) is 0 Å². The molecule has 0 aliphatic carbocycles. The number of nitrogens with zero attached hydrogens (tertiary/aromatic N) is 4. The van der Waals surface area contributed by atoms with E-state index in [1.54, 1.807) is 6.21 Å². The van der Waals surface area contributed by atoms with E-state index in [0.29, 0.717) is 22.6 Å². The molecule has 0 atom stereocenters. The molecule has 0 saturated carbocycles. The van der Waals surface area contributed by atoms with Gasteiger partial charge in [-0.25, -0.2) is 5.43 Å². The lowest BCUT2D eigenvalue weighted by Crippen LogP contribution is -2.20. The predicted octanol–water partition coefficient (Wildman–Crippen LogP) is 7.26. The first-order chi connectivity index (χ1) is 19.3. The summed E-state index contributed by atoms with van der Waals surface area (Å²) in [4.78, 5) is 12.5. The van der Waals surface area contributed by atoms with E-state index in [4.69, 9.17) is 11.6 Å². The number of nitrogens with one attached hydrogen (secondary N) is 2. The van der Waals surface area contributed by atoms with Crippen molar-refractivity contribution < 1.29 is 4.79 Å². The molecular formula is C31H33ClN6OS. The molecule has 0 spiro atoms. The molecule has 0 bridgehead atoms. The van der Waals surface area contributed by atoms with Gasteiger partial charge in [-0.15, -0.1) is 10.2 Å². The van der Waals surface area contributed by atoms with Gasteiger partial charge in [0.25, 0.3) is 5.91 Å². The van der Waals surface area contributed by atoms with E-state index in [0.717, 1.165) is 33.9 Å². The van der Waals surface area contributed by atoms with Crippen LogP contribution >= 0.6 is 23.4 Å². The second-order valence-electron chi connectivity index (χ2n) is 9.67. The van der Waals surface area contributed by atoms with Gasteiger partial charge in [0, 0.05) is 16.4 Å². The number of hydrogen-bond donors (Lipinski definition) is 2. The van der Waals surface area contributed by atoms with Crippen LogP contribution < -0.4 is 10.7 Å². The average Bonchev–Trinajstić information content (AvgIpc) is 3.35. The minimum Gasteiger partial charge on any atom is -0.378 e. The molecule has 0 fully saturated rings. The van der Waals surface area contributed by atoms with Gasteiger partial charge in [0.2, 0.25) is 0 Å². The topological polar surface area (TPSA) is 84.2 Å². The molecule has 4 rings (SSSR count). The van der Waals surface area contributed by atoms with E-state index in [9.17, 15) is 4.79 Å². The maximum absolute atomic E-state index is 12.5. The van der Waals surface area contributed by atoms with Crippen LogP contribution in [-0.4, -0.2) is 32.6 Å². The summed E-state index contributed by atoms with van der Waals surface area (Å²) < 4.78 is 1.96. The number of carbonyl (C=O) groups excluding carboxylic acids is 1. The maximum atomic E-state index is 12.5. The zero-order chi connectivity index (χ0) is 28.5. The van der Waals surface area contributed by atoms with Crippen LogP contribution in [0.1, 0.15) is 49.2 Å². The van der Waals surface area contributed by atoms with E-state index in [2.05, 4.69) is 64.2 Å². The smallest absolute Gasteiger partial charge is 0.250 e. The lowest BCUT2D eigenvalue weighted by atomic mass is 10.0. The summed E-state index contributed by atoms with van der Waals surface area (Å²) in [5.41, 5.74) is 8.86. The number of anilines is 1. The molecule has 40 heavy (non-hydrogen) atoms. The first-order valence-electron chi connectivity index (χ1n) is 13.0. The minimum atomic E-state index is -0.227. The Morgan fingerprint density at radius 3 is 2.52 bits per heavy atom. The number of allylic oxidation sites excluding steroid dienone is 1. The van der Waals surface area contributed by atoms with Gasteiger partial charge in [-0.2, -0.15) is 5.10 Å². The zero-order valence-corrected chi connectivity index (χ0v) is 24.6. The molecule has 206 valence electrons. The Kier molecular flexibility index (Phi) is 10.2. The number of hydrogen-bond acceptors (Lipinski definition) is 6. The molecule has 0 aliphatic heterocycles. The lowest BCUT2D eigenvalue weighted by Gasteiger charge is -2.12. The number of amides is 1. The Balaban J connectivity index is 1.38. The summed E-state index contributed by atoms with van der Waals surface area (Å²) >= 11 is 7.40. The Morgan fingerprint density at radius 1 is 1.07 bits per heavy atom. The molecule has 3 aromatic carbocycles. The third-order valence-corrected chi connectivity index (χ3v) is 7.29. The van der Waals surface area contributed by atoms with E-state index < -0.39 is 0 Å². The van der Waals surface area contributed by atoms with Crippen LogP contribution in [0.25, 0.3) is 11.8 Å². The Bertz CT molecular complexity index is 1500. The van der Waals surface area contributed by atoms with Crippen LogP contribution in [0, 0.1) is 6.92 Å². The fourth-order valence-corrected chi connectivity index (χ4v) is 4.98. The first-order valence-corrected chi connectivity index (χ1v) is 14.4. The van der Waals surface area contributed by atoms with E-state index in [1.165, 1.54) is 17.3 Å². The third kappa shape index (κ3) is 8.07. The van der Waals surface area contributed by atoms with Crippen molar-refractivity contribution in [2.24, 2.45) is 5.10 Å². The fourth-order valence-electron chi connectivity index (χ4n) is 3.99. The van der Waals surface area contributed by atoms with Gasteiger partial charge < -0.3 is 5.32 Å². The zero-order valence-electron chi connectivity index (χ0n) is 23.1. The molecule has 1 amide bonds. The standard InChI is InChI=1S/C31H33ClN6OS/c1-21(2)25-12-10-24(11-13-25)16-22(3)18-34-36-30(39)20-40-31-37-35-29(38(31)27-8-6-5-7-9-27)19-33-28-15-14-26(32)17-23(28)4/h5-18,21,33H,19-20H2,1-4H3,(H,36,39)/b22-16-,34-18-. The predicted molar refractivity (Wildman–Crippen MR) is 166 cm³/mol. The molecule has 0 saturated heterocycles. The van der Waals surface area contributed by atoms with Gasteiger partial charge in [0.15, 0.2) is 11.0 Å². The second kappa shape index (κ2) is 14.0. The Hall–Kier alpha value is -3.88. The van der Waals surface area contributed by atoms with Crippen LogP contribution in [0.4, 0.5) is 5.69 Å². The number of benzene rings is 3. The van der Waals surface area contributed by atoms with Crippen molar-refractivity contribution in [3.63, 3.8) is 0 Å². The minimum absolute atomic E-state index is 0.144. The van der Waals surface area contributed by atoms with Crippen molar-refractivity contribution in [3.8, 4) is 5.69 Å². The highest BCUT2D eigenvalue weighted by atomic mass is 35.5. The van der Waals surface area contributed by atoms with Crippen molar-refractivity contribution in [1.29, 1.82) is 0 Å². The van der Waals surface area contributed by atoms with Crippen molar-refractivity contribution in [2.75, 3.05) is 11.1 Å². The Morgan fingerprint density at radius 2 is 1.82 bits per heavy atom. The highest BCUT2D eigenvalue weighted by Crippen LogP contribution is 2.24. The number of carbonyl (C=O) groups is 1. The molecule has 1 heterocycles. The summed E-state index contributed by atoms with van der Waals surface area (Å²) in [6.45, 7) is 8.75. The summed E-state index contributed by atoms with van der Waals surface area (Å²) in [5.74, 6) is 1.14. The van der Waals surface area contributed by atoms with Crippen molar-refractivity contribution in [2.45, 2.75) is 45.3 Å². The van der Waals surface area contributed by atoms with Crippen molar-refractivity contribution in [1.82, 2.24) is 20.2 Å². The maximum Gasteiger partial charge on any atom is 0.250 e. The molecule has 0 aliphatic rings. The summed E-state index contributed by atoms with van der Waals surface area (Å²) in [6, 6.07) is 24.0. The molecule has 4 aromatic rings. The number of rotatable bonds is 11. The summed E-state index contributed by atoms with van der Waals surface area (Å²) in [7, 11) is 0. The third-order valence-electron chi connectivity index (χ3n) is 6.13. The number of thioether (sulfide) groups is 1. The molecule has 0 radical (unpaired) electrons. The van der Waals surface area contributed by atoms with Crippen molar-refractivity contribution in [3.05, 3.63) is 106 Å². The molecule has 0 unspecified atom stereocenters. The van der Waals surface area contributed by atoms with Gasteiger partial charge >= 0.3 is 0 Å². The Labute approximate surface area is 244 Å². The number of aryl methyl sites for hydroxylation is 1. The number of hydrazone groups is 1. The van der Waals surface area contributed by atoms with Crippen molar-refractivity contribution >= 4 is 47.2 Å². The first kappa shape index (κ1) is 29.1. The van der Waals surface area contributed by atoms with Gasteiger partial charge in [-0.1, -0.05) is 85.8 Å². The summed E-state index contributed by atoms with van der Waals surface area (Å²) in [5, 5.41) is 17.6. The largest absolute Gasteiger partial charge is 0.378 e. The molecular weight excluding hydrogens is 540 g/mol. The van der Waals surface area contributed by atoms with Crippen LogP contribution in [0.5, 0.6) is 0 Å². The quantitative estimate of drug-likeness (QED) is 0.112. The monoisotopic (exact) mass is 572 g/mol. The van der Waals surface area contributed by atoms with Gasteiger partial charge in [-0.05, 0) is 72.4 Å². The van der Waals surface area contributed by atoms with E-state index in [-0.39, 0.29) is 11.7 Å². The summed E-state index contributed by atoms with van der Waals surface area (Å²) in [6.07, 6.45) is 3.67. The van der Waals surface area contributed by atoms with Crippen LogP contribution in [0.15, 0.2) is 88.6 Å². The normalized spacial score (nSPS) is 11.8. The molecule has 9 heteroatoms. The molecule has 7 nitrogen and oxygen atoms in total. The lowest BCUT2D eigenvalue weighted by molar-refractivity contribution is -0.118. The SMILES string of the molecule is CC(/C=N\NC(=O)CSc1nnc(CNc2ccc(Cl)cc2C)n1-c1ccccc1)=C/c1ccc(C(C)C)cc1.